The Labute approximate surface area is 94.2 Å². The number of carboxylic acids is 1. The lowest BCUT2D eigenvalue weighted by Crippen LogP contribution is -2.02. The van der Waals surface area contributed by atoms with Crippen LogP contribution < -0.4 is 4.74 Å². The molecule has 0 amide bonds. The first-order valence-electron chi connectivity index (χ1n) is 3.61. The summed E-state index contributed by atoms with van der Waals surface area (Å²) in [4.78, 5) is 10.8. The van der Waals surface area contributed by atoms with Gasteiger partial charge in [-0.1, -0.05) is 0 Å². The molecule has 1 rings (SSSR count). The molecule has 1 aromatic carbocycles. The van der Waals surface area contributed by atoms with Gasteiger partial charge < -0.3 is 9.84 Å². The summed E-state index contributed by atoms with van der Waals surface area (Å²) in [6.07, 6.45) is 0. The number of methoxy groups -OCH3 is 1. The number of halogens is 1. The van der Waals surface area contributed by atoms with Gasteiger partial charge in [0.2, 0.25) is 0 Å². The first kappa shape index (κ1) is 10.8. The minimum Gasteiger partial charge on any atom is -0.495 e. The molecule has 0 aliphatic rings. The smallest absolute Gasteiger partial charge is 0.339 e. The van der Waals surface area contributed by atoms with Crippen molar-refractivity contribution in [3.8, 4) is 11.8 Å². The van der Waals surface area contributed by atoms with E-state index >= 15 is 0 Å². The standard InChI is InChI=1S/C9H6INO3/c1-14-8-6(9(12)13)2-5(4-11)3-7(8)10/h2-3H,1H3,(H,12,13). The number of benzene rings is 1. The van der Waals surface area contributed by atoms with Crippen LogP contribution in [0.1, 0.15) is 15.9 Å². The van der Waals surface area contributed by atoms with Crippen molar-refractivity contribution in [3.05, 3.63) is 26.8 Å². The Hall–Kier alpha value is -1.29. The van der Waals surface area contributed by atoms with Gasteiger partial charge in [0.15, 0.2) is 0 Å². The third-order valence-corrected chi connectivity index (χ3v) is 2.41. The van der Waals surface area contributed by atoms with Crippen LogP contribution in [0.4, 0.5) is 0 Å². The Morgan fingerprint density at radius 2 is 2.29 bits per heavy atom. The maximum absolute atomic E-state index is 10.8. The number of ether oxygens (including phenoxy) is 1. The van der Waals surface area contributed by atoms with Gasteiger partial charge in [-0.15, -0.1) is 0 Å². The van der Waals surface area contributed by atoms with Crippen molar-refractivity contribution in [2.75, 3.05) is 7.11 Å². The average Bonchev–Trinajstić information content (AvgIpc) is 2.16. The van der Waals surface area contributed by atoms with Crippen LogP contribution >= 0.6 is 22.6 Å². The molecule has 0 bridgehead atoms. The fourth-order valence-electron chi connectivity index (χ4n) is 1.02. The van der Waals surface area contributed by atoms with Crippen molar-refractivity contribution < 1.29 is 14.6 Å². The molecule has 0 spiro atoms. The van der Waals surface area contributed by atoms with Gasteiger partial charge in [-0.3, -0.25) is 0 Å². The molecule has 4 nitrogen and oxygen atoms in total. The highest BCUT2D eigenvalue weighted by atomic mass is 127. The zero-order chi connectivity index (χ0) is 10.7. The Morgan fingerprint density at radius 3 is 2.71 bits per heavy atom. The van der Waals surface area contributed by atoms with Crippen molar-refractivity contribution in [2.45, 2.75) is 0 Å². The highest BCUT2D eigenvalue weighted by Crippen LogP contribution is 2.27. The topological polar surface area (TPSA) is 70.3 Å². The summed E-state index contributed by atoms with van der Waals surface area (Å²) >= 11 is 1.93. The van der Waals surface area contributed by atoms with Crippen LogP contribution in [0.25, 0.3) is 0 Å². The third-order valence-electron chi connectivity index (χ3n) is 1.61. The van der Waals surface area contributed by atoms with Crippen LogP contribution in [0.3, 0.4) is 0 Å². The van der Waals surface area contributed by atoms with Gasteiger partial charge in [0.1, 0.15) is 11.3 Å². The maximum atomic E-state index is 10.8. The molecule has 0 aliphatic heterocycles. The normalized spacial score (nSPS) is 9.21. The molecule has 0 aliphatic carbocycles. The lowest BCUT2D eigenvalue weighted by Gasteiger charge is -2.07. The van der Waals surface area contributed by atoms with Gasteiger partial charge in [-0.25, -0.2) is 4.79 Å². The molecule has 0 atom stereocenters. The minimum atomic E-state index is -1.10. The predicted octanol–water partition coefficient (Wildman–Crippen LogP) is 1.87. The number of nitrogens with zero attached hydrogens (tertiary/aromatic N) is 1. The van der Waals surface area contributed by atoms with E-state index in [1.54, 1.807) is 6.07 Å². The van der Waals surface area contributed by atoms with E-state index in [4.69, 9.17) is 15.1 Å². The van der Waals surface area contributed by atoms with Crippen LogP contribution in [-0.4, -0.2) is 18.2 Å². The van der Waals surface area contributed by atoms with Crippen molar-refractivity contribution in [1.29, 1.82) is 5.26 Å². The molecule has 0 radical (unpaired) electrons. The number of carboxylic acid groups (broad SMARTS) is 1. The number of nitriles is 1. The summed E-state index contributed by atoms with van der Waals surface area (Å²) < 4.78 is 5.55. The second kappa shape index (κ2) is 4.28. The molecule has 0 aromatic heterocycles. The molecular formula is C9H6INO3. The SMILES string of the molecule is COc1c(I)cc(C#N)cc1C(=O)O. The third kappa shape index (κ3) is 1.96. The van der Waals surface area contributed by atoms with Crippen molar-refractivity contribution in [3.63, 3.8) is 0 Å². The van der Waals surface area contributed by atoms with Crippen molar-refractivity contribution >= 4 is 28.6 Å². The molecule has 0 saturated carbocycles. The first-order valence-corrected chi connectivity index (χ1v) is 4.69. The molecule has 1 aromatic rings. The summed E-state index contributed by atoms with van der Waals surface area (Å²) in [5, 5.41) is 17.5. The van der Waals surface area contributed by atoms with Crippen LogP contribution in [0.5, 0.6) is 5.75 Å². The number of rotatable bonds is 2. The Kier molecular flexibility index (Phi) is 3.30. The Morgan fingerprint density at radius 1 is 1.64 bits per heavy atom. The molecule has 0 heterocycles. The second-order valence-corrected chi connectivity index (χ2v) is 3.62. The first-order chi connectivity index (χ1) is 6.60. The fourth-order valence-corrected chi connectivity index (χ4v) is 1.87. The van der Waals surface area contributed by atoms with Gasteiger partial charge in [-0.2, -0.15) is 5.26 Å². The molecule has 0 fully saturated rings. The van der Waals surface area contributed by atoms with E-state index in [1.807, 2.05) is 28.7 Å². The molecule has 0 unspecified atom stereocenters. The highest BCUT2D eigenvalue weighted by Gasteiger charge is 2.15. The fraction of sp³-hybridized carbons (Fsp3) is 0.111. The van der Waals surface area contributed by atoms with Crippen molar-refractivity contribution in [1.82, 2.24) is 0 Å². The largest absolute Gasteiger partial charge is 0.495 e. The van der Waals surface area contributed by atoms with E-state index in [0.29, 0.717) is 9.13 Å². The Balaban J connectivity index is 3.45. The van der Waals surface area contributed by atoms with E-state index in [9.17, 15) is 4.79 Å². The number of hydrogen-bond donors (Lipinski definition) is 1. The van der Waals surface area contributed by atoms with Gasteiger partial charge in [0.25, 0.3) is 0 Å². The van der Waals surface area contributed by atoms with Crippen LogP contribution in [0.15, 0.2) is 12.1 Å². The van der Waals surface area contributed by atoms with Crippen molar-refractivity contribution in [2.24, 2.45) is 0 Å². The van der Waals surface area contributed by atoms with Crippen LogP contribution in [-0.2, 0) is 0 Å². The van der Waals surface area contributed by atoms with E-state index < -0.39 is 5.97 Å². The summed E-state index contributed by atoms with van der Waals surface area (Å²) in [5.41, 5.74) is 0.323. The summed E-state index contributed by atoms with van der Waals surface area (Å²) in [6.45, 7) is 0. The lowest BCUT2D eigenvalue weighted by molar-refractivity contribution is 0.0693. The molecule has 1 N–H and O–H groups in total. The zero-order valence-electron chi connectivity index (χ0n) is 7.24. The second-order valence-electron chi connectivity index (χ2n) is 2.46. The summed E-state index contributed by atoms with van der Waals surface area (Å²) in [6, 6.07) is 4.76. The van der Waals surface area contributed by atoms with Gasteiger partial charge in [0, 0.05) is 0 Å². The summed E-state index contributed by atoms with van der Waals surface area (Å²) in [7, 11) is 1.40. The van der Waals surface area contributed by atoms with Gasteiger partial charge >= 0.3 is 5.97 Å². The van der Waals surface area contributed by atoms with Crippen LogP contribution in [0.2, 0.25) is 0 Å². The monoisotopic (exact) mass is 303 g/mol. The van der Waals surface area contributed by atoms with E-state index in [2.05, 4.69) is 0 Å². The number of aromatic carboxylic acids is 1. The van der Waals surface area contributed by atoms with E-state index in [-0.39, 0.29) is 11.3 Å². The lowest BCUT2D eigenvalue weighted by atomic mass is 10.1. The number of hydrogen-bond acceptors (Lipinski definition) is 3. The van der Waals surface area contributed by atoms with Gasteiger partial charge in [0.05, 0.1) is 22.3 Å². The number of carbonyl (C=O) groups is 1. The molecular weight excluding hydrogens is 297 g/mol. The highest BCUT2D eigenvalue weighted by molar-refractivity contribution is 14.1. The van der Waals surface area contributed by atoms with Crippen LogP contribution in [0, 0.1) is 14.9 Å². The van der Waals surface area contributed by atoms with E-state index in [0.717, 1.165) is 0 Å². The van der Waals surface area contributed by atoms with E-state index in [1.165, 1.54) is 13.2 Å². The Bertz CT molecular complexity index is 423. The minimum absolute atomic E-state index is 0.0101. The maximum Gasteiger partial charge on any atom is 0.339 e. The molecule has 0 saturated heterocycles. The average molecular weight is 303 g/mol. The molecule has 5 heteroatoms. The predicted molar refractivity (Wildman–Crippen MR) is 57.4 cm³/mol. The van der Waals surface area contributed by atoms with Gasteiger partial charge in [-0.05, 0) is 34.7 Å². The molecule has 14 heavy (non-hydrogen) atoms. The summed E-state index contributed by atoms with van der Waals surface area (Å²) in [5.74, 6) is -0.811. The molecule has 72 valence electrons. The zero-order valence-corrected chi connectivity index (χ0v) is 9.40. The quantitative estimate of drug-likeness (QED) is 0.847.